The highest BCUT2D eigenvalue weighted by Crippen LogP contribution is 2.65. The molecule has 4 rings (SSSR count). The molecule has 42 heavy (non-hydrogen) atoms. The Morgan fingerprint density at radius 1 is 1.10 bits per heavy atom. The van der Waals surface area contributed by atoms with E-state index in [1.165, 1.54) is 4.90 Å². The zero-order valence-corrected chi connectivity index (χ0v) is 26.4. The van der Waals surface area contributed by atoms with Gasteiger partial charge in [0.05, 0.1) is 24.0 Å². The van der Waals surface area contributed by atoms with Crippen LogP contribution in [0.25, 0.3) is 0 Å². The number of likely N-dealkylation sites (tertiary alicyclic amines) is 1. The average molecular weight is 580 g/mol. The van der Waals surface area contributed by atoms with Crippen molar-refractivity contribution in [3.05, 3.63) is 55.6 Å². The van der Waals surface area contributed by atoms with E-state index < -0.39 is 34.6 Å². The summed E-state index contributed by atoms with van der Waals surface area (Å²) in [6, 6.07) is 8.39. The number of β-amino-alcohol motifs (C(OH)–C–C–N with tert-alkyl or cyclic N) is 1. The van der Waals surface area contributed by atoms with Crippen molar-refractivity contribution in [1.82, 2.24) is 9.80 Å². The molecular weight excluding hydrogens is 530 g/mol. The lowest BCUT2D eigenvalue weighted by molar-refractivity contribution is -0.156. The first-order chi connectivity index (χ1) is 19.6. The summed E-state index contributed by atoms with van der Waals surface area (Å²) >= 11 is 0. The number of rotatable bonds is 11. The number of benzene rings is 1. The first-order valence-corrected chi connectivity index (χ1v) is 15.1. The van der Waals surface area contributed by atoms with Crippen LogP contribution in [0.15, 0.2) is 55.6 Å². The second-order valence-corrected chi connectivity index (χ2v) is 14.3. The number of amides is 3. The molecular formula is C34H49N3O5. The summed E-state index contributed by atoms with van der Waals surface area (Å²) in [6.45, 7) is 22.5. The van der Waals surface area contributed by atoms with Gasteiger partial charge in [-0.1, -0.05) is 58.0 Å². The molecule has 3 unspecified atom stereocenters. The van der Waals surface area contributed by atoms with Crippen molar-refractivity contribution < 1.29 is 24.2 Å². The Hall–Kier alpha value is -2.97. The molecule has 1 spiro atoms. The molecule has 0 aliphatic carbocycles. The van der Waals surface area contributed by atoms with E-state index in [4.69, 9.17) is 4.74 Å². The molecule has 8 heteroatoms. The third kappa shape index (κ3) is 5.11. The van der Waals surface area contributed by atoms with Crippen LogP contribution in [-0.2, 0) is 19.1 Å². The van der Waals surface area contributed by atoms with E-state index in [9.17, 15) is 19.5 Å². The van der Waals surface area contributed by atoms with Crippen LogP contribution in [0.3, 0.4) is 0 Å². The zero-order chi connectivity index (χ0) is 31.3. The minimum atomic E-state index is -1.19. The minimum absolute atomic E-state index is 0.0143. The summed E-state index contributed by atoms with van der Waals surface area (Å²) in [5.41, 5.74) is -2.04. The normalized spacial score (nSPS) is 30.3. The summed E-state index contributed by atoms with van der Waals surface area (Å²) in [5, 5.41) is 10.1. The maximum Gasteiger partial charge on any atom is 0.249 e. The molecule has 2 bridgehead atoms. The Kier molecular flexibility index (Phi) is 8.57. The number of aliphatic hydroxyl groups is 1. The van der Waals surface area contributed by atoms with Crippen molar-refractivity contribution in [3.63, 3.8) is 0 Å². The summed E-state index contributed by atoms with van der Waals surface area (Å²) < 4.78 is 6.91. The van der Waals surface area contributed by atoms with Crippen molar-refractivity contribution in [2.45, 2.75) is 84.1 Å². The molecule has 8 nitrogen and oxygen atoms in total. The molecule has 3 aliphatic heterocycles. The maximum atomic E-state index is 14.8. The molecule has 230 valence electrons. The SMILES string of the molecule is C=CCN(C(=O)[C@@H]1[C@H]2C(=O)N(CCO)C(C(=O)N(CC=C)C(C)(C)CC(C)(C)C)C23CC(C)[C@@]1(C)O3)c1ccccc1. The number of carbonyl (C=O) groups excluding carboxylic acids is 3. The standard InChI is InChI=1S/C34H49N3O5/c1-10-17-35(24-15-13-12-14-16-24)28(39)25-26-29(40)36(19-20-38)27(34(26)21-23(3)33(25,9)42-34)30(41)37(18-11-2)32(7,8)22-31(4,5)6/h10-16,23,25-27,38H,1-2,17-22H2,3-9H3/t23?,25-,26-,27?,33+,34?/m0/s1. The van der Waals surface area contributed by atoms with Crippen molar-refractivity contribution in [2.75, 3.05) is 31.1 Å². The van der Waals surface area contributed by atoms with Crippen LogP contribution in [0, 0.1) is 23.2 Å². The number of nitrogens with zero attached hydrogens (tertiary/aromatic N) is 3. The number of para-hydroxylation sites is 1. The number of ether oxygens (including phenoxy) is 1. The van der Waals surface area contributed by atoms with Gasteiger partial charge in [-0.15, -0.1) is 13.2 Å². The van der Waals surface area contributed by atoms with Crippen LogP contribution < -0.4 is 4.90 Å². The molecule has 1 aromatic rings. The maximum absolute atomic E-state index is 14.8. The Balaban J connectivity index is 1.83. The Bertz CT molecular complexity index is 1220. The summed E-state index contributed by atoms with van der Waals surface area (Å²) in [6.07, 6.45) is 4.57. The predicted molar refractivity (Wildman–Crippen MR) is 165 cm³/mol. The van der Waals surface area contributed by atoms with Gasteiger partial charge in [0.2, 0.25) is 17.7 Å². The molecule has 0 aromatic heterocycles. The summed E-state index contributed by atoms with van der Waals surface area (Å²) in [7, 11) is 0. The predicted octanol–water partition coefficient (Wildman–Crippen LogP) is 4.44. The van der Waals surface area contributed by atoms with Crippen LogP contribution in [0.1, 0.15) is 61.3 Å². The highest BCUT2D eigenvalue weighted by molar-refractivity contribution is 6.03. The van der Waals surface area contributed by atoms with Crippen LogP contribution >= 0.6 is 0 Å². The monoisotopic (exact) mass is 579 g/mol. The fourth-order valence-electron chi connectivity index (χ4n) is 8.28. The largest absolute Gasteiger partial charge is 0.395 e. The van der Waals surface area contributed by atoms with E-state index in [-0.39, 0.29) is 48.8 Å². The Morgan fingerprint density at radius 3 is 2.26 bits per heavy atom. The van der Waals surface area contributed by atoms with Crippen LogP contribution in [0.5, 0.6) is 0 Å². The van der Waals surface area contributed by atoms with Crippen LogP contribution in [0.4, 0.5) is 5.69 Å². The van der Waals surface area contributed by atoms with Gasteiger partial charge in [-0.2, -0.15) is 0 Å². The number of anilines is 1. The van der Waals surface area contributed by atoms with Crippen LogP contribution in [-0.4, -0.2) is 81.7 Å². The Morgan fingerprint density at radius 2 is 1.71 bits per heavy atom. The summed E-state index contributed by atoms with van der Waals surface area (Å²) in [4.78, 5) is 48.6. The zero-order valence-electron chi connectivity index (χ0n) is 26.4. The van der Waals surface area contributed by atoms with Gasteiger partial charge in [0.25, 0.3) is 0 Å². The molecule has 3 amide bonds. The van der Waals surface area contributed by atoms with Gasteiger partial charge in [-0.05, 0) is 57.1 Å². The number of aliphatic hydroxyl groups excluding tert-OH is 1. The first kappa shape index (κ1) is 32.0. The van der Waals surface area contributed by atoms with E-state index in [2.05, 4.69) is 33.9 Å². The fraction of sp³-hybridized carbons (Fsp3) is 0.618. The van der Waals surface area contributed by atoms with Crippen molar-refractivity contribution in [2.24, 2.45) is 23.2 Å². The van der Waals surface area contributed by atoms with Gasteiger partial charge in [0.1, 0.15) is 11.6 Å². The van der Waals surface area contributed by atoms with Gasteiger partial charge in [0.15, 0.2) is 0 Å². The van der Waals surface area contributed by atoms with Crippen molar-refractivity contribution >= 4 is 23.4 Å². The van der Waals surface area contributed by atoms with Crippen molar-refractivity contribution in [1.29, 1.82) is 0 Å². The van der Waals surface area contributed by atoms with Crippen LogP contribution in [0.2, 0.25) is 0 Å². The second kappa shape index (κ2) is 11.3. The number of fused-ring (bicyclic) bond motifs is 1. The molecule has 0 radical (unpaired) electrons. The van der Waals surface area contributed by atoms with E-state index in [1.54, 1.807) is 22.0 Å². The van der Waals surface area contributed by atoms with Gasteiger partial charge >= 0.3 is 0 Å². The smallest absolute Gasteiger partial charge is 0.249 e. The van der Waals surface area contributed by atoms with Gasteiger partial charge < -0.3 is 24.5 Å². The van der Waals surface area contributed by atoms with E-state index in [0.29, 0.717) is 18.7 Å². The molecule has 3 saturated heterocycles. The highest BCUT2D eigenvalue weighted by atomic mass is 16.5. The number of carbonyl (C=O) groups is 3. The average Bonchev–Trinajstić information content (AvgIpc) is 3.41. The minimum Gasteiger partial charge on any atom is -0.395 e. The van der Waals surface area contributed by atoms with E-state index in [1.807, 2.05) is 58.0 Å². The van der Waals surface area contributed by atoms with Crippen molar-refractivity contribution in [3.8, 4) is 0 Å². The van der Waals surface area contributed by atoms with Gasteiger partial charge in [-0.25, -0.2) is 0 Å². The second-order valence-electron chi connectivity index (χ2n) is 14.3. The number of hydrogen-bond donors (Lipinski definition) is 1. The lowest BCUT2D eigenvalue weighted by atomic mass is 9.62. The van der Waals surface area contributed by atoms with E-state index >= 15 is 0 Å². The van der Waals surface area contributed by atoms with Gasteiger partial charge in [0, 0.05) is 30.9 Å². The third-order valence-corrected chi connectivity index (χ3v) is 9.57. The quantitative estimate of drug-likeness (QED) is 0.392. The Labute approximate surface area is 251 Å². The fourth-order valence-corrected chi connectivity index (χ4v) is 8.28. The first-order valence-electron chi connectivity index (χ1n) is 15.1. The molecule has 1 N–H and O–H groups in total. The van der Waals surface area contributed by atoms with Gasteiger partial charge in [-0.3, -0.25) is 14.4 Å². The lowest BCUT2D eigenvalue weighted by Gasteiger charge is -2.45. The molecule has 1 aromatic carbocycles. The molecule has 0 saturated carbocycles. The molecule has 3 fully saturated rings. The molecule has 3 aliphatic rings. The summed E-state index contributed by atoms with van der Waals surface area (Å²) in [5.74, 6) is -2.50. The molecule has 6 atom stereocenters. The topological polar surface area (TPSA) is 90.4 Å². The molecule has 3 heterocycles. The van der Waals surface area contributed by atoms with E-state index in [0.717, 1.165) is 6.42 Å². The third-order valence-electron chi connectivity index (χ3n) is 9.57. The number of hydrogen-bond acceptors (Lipinski definition) is 5. The highest BCUT2D eigenvalue weighted by Gasteiger charge is 2.80. The lowest BCUT2D eigenvalue weighted by Crippen LogP contribution is -2.61.